The fourth-order valence-electron chi connectivity index (χ4n) is 4.65. The molecule has 0 radical (unpaired) electrons. The lowest BCUT2D eigenvalue weighted by molar-refractivity contribution is -0.125. The molecule has 5 nitrogen and oxygen atoms in total. The molecule has 0 saturated carbocycles. The summed E-state index contributed by atoms with van der Waals surface area (Å²) in [5.41, 5.74) is 4.52. The summed E-state index contributed by atoms with van der Waals surface area (Å²) in [6.07, 6.45) is 3.71. The summed E-state index contributed by atoms with van der Waals surface area (Å²) in [6.45, 7) is 9.88. The number of benzene rings is 1. The Balaban J connectivity index is 1.49. The minimum atomic E-state index is -0.413. The second kappa shape index (κ2) is 7.81. The predicted molar refractivity (Wildman–Crippen MR) is 117 cm³/mol. The van der Waals surface area contributed by atoms with Crippen molar-refractivity contribution in [2.45, 2.75) is 38.8 Å². The van der Waals surface area contributed by atoms with Gasteiger partial charge in [0.2, 0.25) is 5.91 Å². The predicted octanol–water partition coefficient (Wildman–Crippen LogP) is 2.56. The molecule has 148 valence electrons. The molecule has 1 amide bonds. The fraction of sp³-hybridized carbons (Fsp3) is 0.455. The van der Waals surface area contributed by atoms with Crippen LogP contribution in [0.15, 0.2) is 36.5 Å². The molecular formula is C22H29N4OP. The molecule has 2 aliphatic heterocycles. The minimum absolute atomic E-state index is 0.176. The van der Waals surface area contributed by atoms with E-state index in [0.717, 1.165) is 46.7 Å². The number of rotatable bonds is 4. The first-order valence-corrected chi connectivity index (χ1v) is 11.5. The number of carbonyl (C=O) groups is 1. The van der Waals surface area contributed by atoms with Crippen molar-refractivity contribution < 1.29 is 4.79 Å². The third-order valence-electron chi connectivity index (χ3n) is 6.33. The molecular weight excluding hydrogens is 367 g/mol. The lowest BCUT2D eigenvalue weighted by Crippen LogP contribution is -2.56. The van der Waals surface area contributed by atoms with Crippen molar-refractivity contribution in [3.8, 4) is 0 Å². The maximum absolute atomic E-state index is 12.8. The first-order chi connectivity index (χ1) is 13.5. The van der Waals surface area contributed by atoms with Gasteiger partial charge in [0.15, 0.2) is 0 Å². The highest BCUT2D eigenvalue weighted by molar-refractivity contribution is 7.46. The molecule has 1 spiro atoms. The Morgan fingerprint density at radius 1 is 1.18 bits per heavy atom. The van der Waals surface area contributed by atoms with Crippen molar-refractivity contribution >= 4 is 25.5 Å². The Morgan fingerprint density at radius 2 is 1.89 bits per heavy atom. The number of para-hydroxylation sites is 1. The van der Waals surface area contributed by atoms with Crippen molar-refractivity contribution in [2.24, 2.45) is 0 Å². The lowest BCUT2D eigenvalue weighted by Gasteiger charge is -2.43. The number of nitrogens with one attached hydrogen (secondary N) is 1. The average Bonchev–Trinajstić information content (AvgIpc) is 3.03. The maximum atomic E-state index is 12.8. The summed E-state index contributed by atoms with van der Waals surface area (Å²) in [5.74, 6) is 0.176. The van der Waals surface area contributed by atoms with Gasteiger partial charge >= 0.3 is 0 Å². The Kier molecular flexibility index (Phi) is 5.39. The van der Waals surface area contributed by atoms with Crippen LogP contribution in [0.5, 0.6) is 0 Å². The Morgan fingerprint density at radius 3 is 2.57 bits per heavy atom. The van der Waals surface area contributed by atoms with Crippen LogP contribution in [0.4, 0.5) is 5.69 Å². The quantitative estimate of drug-likeness (QED) is 0.807. The van der Waals surface area contributed by atoms with Crippen LogP contribution < -0.4 is 15.5 Å². The third-order valence-corrected chi connectivity index (χ3v) is 7.60. The van der Waals surface area contributed by atoms with E-state index < -0.39 is 5.54 Å². The maximum Gasteiger partial charge on any atom is 0.247 e. The molecule has 0 bridgehead atoms. The van der Waals surface area contributed by atoms with E-state index in [1.807, 2.05) is 24.4 Å². The second-order valence-corrected chi connectivity index (χ2v) is 8.87. The largest absolute Gasteiger partial charge is 0.339 e. The SMILES string of the molecule is CPc1c(C)cnc(CN2CCC3(CC2)C(=O)NCN3c2ccccc2)c1C. The Bertz CT molecular complexity index is 862. The van der Waals surface area contributed by atoms with Crippen LogP contribution in [0.1, 0.15) is 29.7 Å². The molecule has 4 rings (SSSR count). The molecule has 1 aromatic heterocycles. The molecule has 1 unspecified atom stereocenters. The standard InChI is InChI=1S/C22H29N4OP/c1-16-13-23-19(17(2)20(16)28-3)14-25-11-9-22(10-12-25)21(27)24-15-26(22)18-7-5-4-6-8-18/h4-8,13,28H,9-12,14-15H2,1-3H3,(H,24,27). The number of likely N-dealkylation sites (tertiary alicyclic amines) is 1. The number of anilines is 1. The highest BCUT2D eigenvalue weighted by Gasteiger charge is 2.50. The van der Waals surface area contributed by atoms with E-state index in [0.29, 0.717) is 6.67 Å². The highest BCUT2D eigenvalue weighted by Crippen LogP contribution is 2.36. The highest BCUT2D eigenvalue weighted by atomic mass is 31.1. The van der Waals surface area contributed by atoms with E-state index in [9.17, 15) is 4.79 Å². The molecule has 28 heavy (non-hydrogen) atoms. The van der Waals surface area contributed by atoms with Crippen molar-refractivity contribution in [1.82, 2.24) is 15.2 Å². The van der Waals surface area contributed by atoms with Gasteiger partial charge in [-0.15, -0.1) is 0 Å². The number of carbonyl (C=O) groups excluding carboxylic acids is 1. The van der Waals surface area contributed by atoms with E-state index in [-0.39, 0.29) is 5.91 Å². The van der Waals surface area contributed by atoms with Crippen LogP contribution >= 0.6 is 8.58 Å². The topological polar surface area (TPSA) is 48.5 Å². The van der Waals surface area contributed by atoms with Crippen LogP contribution in [-0.4, -0.2) is 47.8 Å². The van der Waals surface area contributed by atoms with Gasteiger partial charge in [-0.05, 0) is 61.9 Å². The molecule has 2 aliphatic rings. The van der Waals surface area contributed by atoms with Gasteiger partial charge < -0.3 is 10.2 Å². The summed E-state index contributed by atoms with van der Waals surface area (Å²) >= 11 is 0. The first-order valence-electron chi connectivity index (χ1n) is 10.0. The number of piperidine rings is 1. The zero-order valence-electron chi connectivity index (χ0n) is 17.0. The molecule has 6 heteroatoms. The molecule has 2 fully saturated rings. The molecule has 1 N–H and O–H groups in total. The van der Waals surface area contributed by atoms with E-state index in [1.54, 1.807) is 0 Å². The summed E-state index contributed by atoms with van der Waals surface area (Å²) < 4.78 is 0. The van der Waals surface area contributed by atoms with E-state index in [2.05, 4.69) is 47.8 Å². The van der Waals surface area contributed by atoms with Gasteiger partial charge in [-0.2, -0.15) is 0 Å². The van der Waals surface area contributed by atoms with Crippen LogP contribution in [0.25, 0.3) is 0 Å². The second-order valence-electron chi connectivity index (χ2n) is 7.87. The summed E-state index contributed by atoms with van der Waals surface area (Å²) in [7, 11) is 0.794. The summed E-state index contributed by atoms with van der Waals surface area (Å²) in [6, 6.07) is 10.3. The number of aromatic nitrogens is 1. The first kappa shape index (κ1) is 19.4. The van der Waals surface area contributed by atoms with Gasteiger partial charge in [-0.25, -0.2) is 0 Å². The van der Waals surface area contributed by atoms with Gasteiger partial charge in [0.1, 0.15) is 5.54 Å². The van der Waals surface area contributed by atoms with E-state index in [1.165, 1.54) is 22.1 Å². The monoisotopic (exact) mass is 396 g/mol. The van der Waals surface area contributed by atoms with E-state index in [4.69, 9.17) is 4.98 Å². The summed E-state index contributed by atoms with van der Waals surface area (Å²) in [4.78, 5) is 22.2. The van der Waals surface area contributed by atoms with Crippen LogP contribution in [0, 0.1) is 13.8 Å². The van der Waals surface area contributed by atoms with Crippen LogP contribution in [0.3, 0.4) is 0 Å². The van der Waals surface area contributed by atoms with Gasteiger partial charge in [0, 0.05) is 31.5 Å². The Labute approximate surface area is 169 Å². The zero-order chi connectivity index (χ0) is 19.7. The van der Waals surface area contributed by atoms with Gasteiger partial charge in [0.25, 0.3) is 0 Å². The van der Waals surface area contributed by atoms with Crippen molar-refractivity contribution in [2.75, 3.05) is 31.3 Å². The average molecular weight is 396 g/mol. The zero-order valence-corrected chi connectivity index (χ0v) is 18.0. The molecule has 3 heterocycles. The van der Waals surface area contributed by atoms with Gasteiger partial charge in [-0.3, -0.25) is 14.7 Å². The van der Waals surface area contributed by atoms with E-state index >= 15 is 0 Å². The third kappa shape index (κ3) is 3.31. The number of hydrogen-bond donors (Lipinski definition) is 1. The molecule has 2 saturated heterocycles. The number of hydrogen-bond acceptors (Lipinski definition) is 4. The molecule has 1 aromatic carbocycles. The lowest BCUT2D eigenvalue weighted by atomic mass is 9.85. The Hall–Kier alpha value is -1.97. The van der Waals surface area contributed by atoms with Crippen LogP contribution in [0.2, 0.25) is 0 Å². The van der Waals surface area contributed by atoms with Gasteiger partial charge in [-0.1, -0.05) is 26.8 Å². The van der Waals surface area contributed by atoms with Crippen molar-refractivity contribution in [3.63, 3.8) is 0 Å². The fourth-order valence-corrected chi connectivity index (χ4v) is 5.62. The molecule has 0 aliphatic carbocycles. The number of amides is 1. The summed E-state index contributed by atoms with van der Waals surface area (Å²) in [5, 5.41) is 4.53. The minimum Gasteiger partial charge on any atom is -0.339 e. The van der Waals surface area contributed by atoms with Gasteiger partial charge in [0.05, 0.1) is 12.4 Å². The van der Waals surface area contributed by atoms with Crippen molar-refractivity contribution in [3.05, 3.63) is 53.3 Å². The normalized spacial score (nSPS) is 19.7. The number of aryl methyl sites for hydroxylation is 1. The number of nitrogens with zero attached hydrogens (tertiary/aromatic N) is 3. The van der Waals surface area contributed by atoms with Crippen molar-refractivity contribution in [1.29, 1.82) is 0 Å². The molecule has 2 aromatic rings. The smallest absolute Gasteiger partial charge is 0.247 e. The van der Waals surface area contributed by atoms with Crippen LogP contribution in [-0.2, 0) is 11.3 Å². The number of pyridine rings is 1. The molecule has 1 atom stereocenters.